The lowest BCUT2D eigenvalue weighted by Crippen LogP contribution is -2.65. The van der Waals surface area contributed by atoms with Crippen molar-refractivity contribution in [3.63, 3.8) is 0 Å². The van der Waals surface area contributed by atoms with Gasteiger partial charge < -0.3 is 15.0 Å². The van der Waals surface area contributed by atoms with Gasteiger partial charge in [0.05, 0.1) is 7.11 Å². The summed E-state index contributed by atoms with van der Waals surface area (Å²) in [5.41, 5.74) is 2.18. The summed E-state index contributed by atoms with van der Waals surface area (Å²) in [6.45, 7) is 5.51. The highest BCUT2D eigenvalue weighted by molar-refractivity contribution is 5.81. The van der Waals surface area contributed by atoms with Crippen LogP contribution in [0.5, 0.6) is 0 Å². The van der Waals surface area contributed by atoms with Crippen LogP contribution in [0.4, 0.5) is 10.2 Å². The molecule has 4 heterocycles. The summed E-state index contributed by atoms with van der Waals surface area (Å²) in [7, 11) is 1.37. The number of aromatic nitrogens is 1. The van der Waals surface area contributed by atoms with E-state index in [1.165, 1.54) is 25.2 Å². The third-order valence-electron chi connectivity index (χ3n) is 6.54. The number of carbonyl (C=O) groups excluding carboxylic acids is 1. The highest BCUT2D eigenvalue weighted by atomic mass is 19.1. The molecule has 1 aromatic heterocycles. The molecule has 158 valence electrons. The van der Waals surface area contributed by atoms with Crippen molar-refractivity contribution in [2.24, 2.45) is 5.41 Å². The van der Waals surface area contributed by atoms with Crippen molar-refractivity contribution in [3.05, 3.63) is 35.5 Å². The van der Waals surface area contributed by atoms with Crippen LogP contribution in [-0.4, -0.2) is 79.8 Å². The zero-order valence-electron chi connectivity index (χ0n) is 17.2. The Balaban J connectivity index is 1.22. The molecule has 4 rings (SSSR count). The van der Waals surface area contributed by atoms with E-state index in [1.54, 1.807) is 6.08 Å². The molecule has 1 atom stereocenters. The van der Waals surface area contributed by atoms with Crippen molar-refractivity contribution in [2.75, 3.05) is 58.2 Å². The molecule has 29 heavy (non-hydrogen) atoms. The van der Waals surface area contributed by atoms with E-state index in [4.69, 9.17) is 4.98 Å². The van der Waals surface area contributed by atoms with Gasteiger partial charge in [0.25, 0.3) is 0 Å². The number of fused-ring (bicyclic) bond motifs is 1. The zero-order valence-corrected chi connectivity index (χ0v) is 17.2. The number of likely N-dealkylation sites (tertiary alicyclic amines) is 2. The van der Waals surface area contributed by atoms with Crippen molar-refractivity contribution < 1.29 is 13.9 Å². The summed E-state index contributed by atoms with van der Waals surface area (Å²) in [6.07, 6.45) is 6.45. The lowest BCUT2D eigenvalue weighted by molar-refractivity contribution is -0.134. The fraction of sp³-hybridized carbons (Fsp3) is 0.636. The second-order valence-corrected chi connectivity index (χ2v) is 8.57. The van der Waals surface area contributed by atoms with Gasteiger partial charge in [0, 0.05) is 62.9 Å². The Kier molecular flexibility index (Phi) is 6.15. The number of carbonyl (C=O) groups is 1. The predicted octanol–water partition coefficient (Wildman–Crippen LogP) is 2.06. The zero-order chi connectivity index (χ0) is 20.3. The summed E-state index contributed by atoms with van der Waals surface area (Å²) in [4.78, 5) is 20.3. The second-order valence-electron chi connectivity index (χ2n) is 8.57. The highest BCUT2D eigenvalue weighted by Crippen LogP contribution is 2.42. The first kappa shape index (κ1) is 20.3. The molecule has 2 fully saturated rings. The number of pyridine rings is 1. The van der Waals surface area contributed by atoms with Gasteiger partial charge in [0.1, 0.15) is 12.0 Å². The van der Waals surface area contributed by atoms with Crippen molar-refractivity contribution in [1.82, 2.24) is 14.8 Å². The van der Waals surface area contributed by atoms with E-state index in [-0.39, 0.29) is 11.4 Å². The molecule has 1 aromatic rings. The Labute approximate surface area is 172 Å². The average molecular weight is 403 g/mol. The molecule has 6 nitrogen and oxygen atoms in total. The lowest BCUT2D eigenvalue weighted by Gasteiger charge is -2.55. The first-order valence-electron chi connectivity index (χ1n) is 10.6. The number of esters is 1. The predicted molar refractivity (Wildman–Crippen MR) is 111 cm³/mol. The van der Waals surface area contributed by atoms with Gasteiger partial charge >= 0.3 is 5.97 Å². The average Bonchev–Trinajstić information content (AvgIpc) is 2.72. The van der Waals surface area contributed by atoms with Crippen molar-refractivity contribution >= 4 is 11.8 Å². The first-order valence-corrected chi connectivity index (χ1v) is 10.6. The molecule has 2 saturated heterocycles. The van der Waals surface area contributed by atoms with Crippen molar-refractivity contribution in [3.8, 4) is 0 Å². The standard InChI is InChI=1S/C22H31FN4O2/c1-29-20(28)5-3-11-27-15-22(16-27)9-13-26(14-19(22)23)12-8-18-7-6-17-4-2-10-24-21(17)25-18/h3,5-7,19H,2,4,8-16H2,1H3,(H,24,25)/b5-3+. The number of hydrogen-bond acceptors (Lipinski definition) is 6. The third-order valence-corrected chi connectivity index (χ3v) is 6.54. The van der Waals surface area contributed by atoms with Gasteiger partial charge in [-0.1, -0.05) is 12.1 Å². The van der Waals surface area contributed by atoms with E-state index in [0.29, 0.717) is 13.1 Å². The number of aryl methyl sites for hydroxylation is 1. The van der Waals surface area contributed by atoms with Crippen molar-refractivity contribution in [2.45, 2.75) is 31.9 Å². The first-order chi connectivity index (χ1) is 14.1. The van der Waals surface area contributed by atoms with E-state index >= 15 is 0 Å². The molecular formula is C22H31FN4O2. The van der Waals surface area contributed by atoms with E-state index in [0.717, 1.165) is 63.5 Å². The molecular weight excluding hydrogens is 371 g/mol. The largest absolute Gasteiger partial charge is 0.466 e. The molecule has 0 amide bonds. The maximum atomic E-state index is 15.0. The molecule has 3 aliphatic heterocycles. The molecule has 0 aliphatic carbocycles. The van der Waals surface area contributed by atoms with Crippen LogP contribution in [0.15, 0.2) is 24.3 Å². The van der Waals surface area contributed by atoms with Crippen LogP contribution in [0.2, 0.25) is 0 Å². The van der Waals surface area contributed by atoms with Gasteiger partial charge in [-0.05, 0) is 37.4 Å². The number of rotatable bonds is 6. The Hall–Kier alpha value is -1.99. The van der Waals surface area contributed by atoms with Gasteiger partial charge in [-0.3, -0.25) is 4.90 Å². The van der Waals surface area contributed by atoms with Crippen LogP contribution < -0.4 is 5.32 Å². The number of nitrogens with zero attached hydrogens (tertiary/aromatic N) is 3. The summed E-state index contributed by atoms with van der Waals surface area (Å²) in [5.74, 6) is 0.687. The number of nitrogens with one attached hydrogen (secondary N) is 1. The minimum Gasteiger partial charge on any atom is -0.466 e. The fourth-order valence-corrected chi connectivity index (χ4v) is 4.73. The molecule has 7 heteroatoms. The van der Waals surface area contributed by atoms with Gasteiger partial charge in [-0.15, -0.1) is 0 Å². The van der Waals surface area contributed by atoms with Crippen LogP contribution in [0.25, 0.3) is 0 Å². The van der Waals surface area contributed by atoms with E-state index in [9.17, 15) is 9.18 Å². The molecule has 1 spiro atoms. The topological polar surface area (TPSA) is 57.7 Å². The Morgan fingerprint density at radius 3 is 3.07 bits per heavy atom. The number of alkyl halides is 1. The number of methoxy groups -OCH3 is 1. The number of halogens is 1. The quantitative estimate of drug-likeness (QED) is 0.581. The second kappa shape index (κ2) is 8.79. The molecule has 1 N–H and O–H groups in total. The highest BCUT2D eigenvalue weighted by Gasteiger charge is 2.51. The smallest absolute Gasteiger partial charge is 0.330 e. The van der Waals surface area contributed by atoms with Gasteiger partial charge in [0.2, 0.25) is 0 Å². The van der Waals surface area contributed by atoms with E-state index in [1.807, 2.05) is 0 Å². The number of ether oxygens (including phenoxy) is 1. The van der Waals surface area contributed by atoms with Gasteiger partial charge in [0.15, 0.2) is 0 Å². The summed E-state index contributed by atoms with van der Waals surface area (Å²) < 4.78 is 19.6. The molecule has 0 radical (unpaired) electrons. The Morgan fingerprint density at radius 2 is 2.28 bits per heavy atom. The van der Waals surface area contributed by atoms with E-state index < -0.39 is 6.17 Å². The van der Waals surface area contributed by atoms with E-state index in [2.05, 4.69) is 32.0 Å². The summed E-state index contributed by atoms with van der Waals surface area (Å²) in [6, 6.07) is 4.31. The third kappa shape index (κ3) is 4.61. The number of hydrogen-bond donors (Lipinski definition) is 1. The SMILES string of the molecule is COC(=O)/C=C/CN1CC2(CCN(CCc3ccc4c(n3)NCCC4)CC2F)C1. The molecule has 0 bridgehead atoms. The van der Waals surface area contributed by atoms with Gasteiger partial charge in [-0.25, -0.2) is 14.2 Å². The van der Waals surface area contributed by atoms with Crippen LogP contribution in [0.1, 0.15) is 24.1 Å². The normalized spacial score (nSPS) is 24.1. The van der Waals surface area contributed by atoms with Gasteiger partial charge in [-0.2, -0.15) is 0 Å². The monoisotopic (exact) mass is 402 g/mol. The lowest BCUT2D eigenvalue weighted by atomic mass is 9.70. The van der Waals surface area contributed by atoms with Crippen LogP contribution in [0.3, 0.4) is 0 Å². The Morgan fingerprint density at radius 1 is 1.41 bits per heavy atom. The maximum absolute atomic E-state index is 15.0. The van der Waals surface area contributed by atoms with Crippen molar-refractivity contribution in [1.29, 1.82) is 0 Å². The Bertz CT molecular complexity index is 763. The molecule has 0 aromatic carbocycles. The number of anilines is 1. The van der Waals surface area contributed by atoms with Crippen LogP contribution in [-0.2, 0) is 22.4 Å². The minimum absolute atomic E-state index is 0.205. The van der Waals surface area contributed by atoms with Crippen LogP contribution >= 0.6 is 0 Å². The maximum Gasteiger partial charge on any atom is 0.330 e. The molecule has 0 saturated carbocycles. The molecule has 3 aliphatic rings. The summed E-state index contributed by atoms with van der Waals surface area (Å²) in [5, 5.41) is 3.38. The van der Waals surface area contributed by atoms with Crippen LogP contribution in [0, 0.1) is 5.41 Å². The molecule has 1 unspecified atom stereocenters. The fourth-order valence-electron chi connectivity index (χ4n) is 4.73. The minimum atomic E-state index is -0.796. The number of piperidine rings is 1. The summed E-state index contributed by atoms with van der Waals surface area (Å²) >= 11 is 0.